The summed E-state index contributed by atoms with van der Waals surface area (Å²) in [5, 5.41) is 9.92. The van der Waals surface area contributed by atoms with Gasteiger partial charge in [-0.1, -0.05) is 23.2 Å². The molecule has 1 rings (SSSR count). The molecule has 0 saturated heterocycles. The Balaban J connectivity index is 2.44. The van der Waals surface area contributed by atoms with Gasteiger partial charge in [0, 0.05) is 17.3 Å². The summed E-state index contributed by atoms with van der Waals surface area (Å²) in [6.45, 7) is 2.18. The largest absolute Gasteiger partial charge is 0.479 e. The molecule has 0 aliphatic carbocycles. The van der Waals surface area contributed by atoms with E-state index in [1.165, 1.54) is 11.8 Å². The summed E-state index contributed by atoms with van der Waals surface area (Å²) in [4.78, 5) is 11.8. The van der Waals surface area contributed by atoms with E-state index in [4.69, 9.17) is 33.0 Å². The minimum Gasteiger partial charge on any atom is -0.479 e. The molecule has 18 heavy (non-hydrogen) atoms. The fraction of sp³-hybridized carbons (Fsp3) is 0.417. The molecule has 1 aromatic carbocycles. The van der Waals surface area contributed by atoms with Crippen molar-refractivity contribution in [1.82, 2.24) is 0 Å². The fourth-order valence-electron chi connectivity index (χ4n) is 1.33. The van der Waals surface area contributed by atoms with Crippen molar-refractivity contribution in [3.63, 3.8) is 0 Å². The minimum absolute atomic E-state index is 0.397. The maximum absolute atomic E-state index is 10.9. The summed E-state index contributed by atoms with van der Waals surface area (Å²) in [6, 6.07) is 5.35. The fourth-order valence-corrected chi connectivity index (χ4v) is 2.63. The second kappa shape index (κ2) is 7.89. The molecule has 3 nitrogen and oxygen atoms in total. The second-order valence-electron chi connectivity index (χ2n) is 3.50. The molecule has 1 N–H and O–H groups in total. The molecule has 0 radical (unpaired) electrons. The van der Waals surface area contributed by atoms with E-state index in [1.807, 2.05) is 6.07 Å². The highest BCUT2D eigenvalue weighted by atomic mass is 35.5. The van der Waals surface area contributed by atoms with Crippen molar-refractivity contribution < 1.29 is 14.6 Å². The molecule has 0 saturated carbocycles. The third-order valence-corrected chi connectivity index (χ3v) is 3.95. The van der Waals surface area contributed by atoms with E-state index >= 15 is 0 Å². The van der Waals surface area contributed by atoms with Crippen LogP contribution in [0.15, 0.2) is 23.1 Å². The summed E-state index contributed by atoms with van der Waals surface area (Å²) in [7, 11) is 0. The van der Waals surface area contributed by atoms with Gasteiger partial charge in [-0.15, -0.1) is 11.8 Å². The maximum atomic E-state index is 10.9. The average Bonchev–Trinajstić information content (AvgIpc) is 2.32. The highest BCUT2D eigenvalue weighted by molar-refractivity contribution is 7.99. The van der Waals surface area contributed by atoms with E-state index in [2.05, 4.69) is 0 Å². The third-order valence-electron chi connectivity index (χ3n) is 2.18. The number of rotatable bonds is 7. The Morgan fingerprint density at radius 2 is 2.17 bits per heavy atom. The van der Waals surface area contributed by atoms with Crippen molar-refractivity contribution in [1.29, 1.82) is 0 Å². The lowest BCUT2D eigenvalue weighted by Gasteiger charge is -2.11. The quantitative estimate of drug-likeness (QED) is 0.774. The molecule has 1 aromatic rings. The second-order valence-corrected chi connectivity index (χ2v) is 5.48. The number of benzene rings is 1. The molecular formula is C12H14Cl2O3S. The topological polar surface area (TPSA) is 46.5 Å². The minimum atomic E-state index is -0.924. The standard InChI is InChI=1S/C12H14Cl2O3S/c1-2-17-11(12(15)16)5-6-18-8-3-4-9(13)10(14)7-8/h3-4,7,11H,2,5-6H2,1H3,(H,15,16). The van der Waals surface area contributed by atoms with E-state index in [0.717, 1.165) is 4.90 Å². The summed E-state index contributed by atoms with van der Waals surface area (Å²) in [5.74, 6) is -0.277. The van der Waals surface area contributed by atoms with Gasteiger partial charge in [0.05, 0.1) is 10.0 Å². The lowest BCUT2D eigenvalue weighted by Crippen LogP contribution is -2.24. The molecular weight excluding hydrogens is 295 g/mol. The van der Waals surface area contributed by atoms with Crippen LogP contribution in [-0.4, -0.2) is 29.5 Å². The Hall–Kier alpha value is -0.420. The smallest absolute Gasteiger partial charge is 0.332 e. The van der Waals surface area contributed by atoms with Crippen molar-refractivity contribution in [2.24, 2.45) is 0 Å². The third kappa shape index (κ3) is 5.06. The van der Waals surface area contributed by atoms with Gasteiger partial charge in [0.1, 0.15) is 0 Å². The van der Waals surface area contributed by atoms with Crippen molar-refractivity contribution in [3.05, 3.63) is 28.2 Å². The van der Waals surface area contributed by atoms with E-state index in [9.17, 15) is 4.79 Å². The van der Waals surface area contributed by atoms with Crippen molar-refractivity contribution in [2.45, 2.75) is 24.3 Å². The van der Waals surface area contributed by atoms with Crippen LogP contribution in [0.25, 0.3) is 0 Å². The van der Waals surface area contributed by atoms with Gasteiger partial charge in [-0.2, -0.15) is 0 Å². The number of ether oxygens (including phenoxy) is 1. The monoisotopic (exact) mass is 308 g/mol. The van der Waals surface area contributed by atoms with Crippen molar-refractivity contribution in [3.8, 4) is 0 Å². The molecule has 0 aliphatic heterocycles. The Morgan fingerprint density at radius 1 is 1.44 bits per heavy atom. The summed E-state index contributed by atoms with van der Waals surface area (Å²) < 4.78 is 5.12. The molecule has 1 atom stereocenters. The average molecular weight is 309 g/mol. The number of hydrogen-bond acceptors (Lipinski definition) is 3. The predicted octanol–water partition coefficient (Wildman–Crippen LogP) is 3.97. The molecule has 6 heteroatoms. The van der Waals surface area contributed by atoms with Crippen LogP contribution in [0.5, 0.6) is 0 Å². The molecule has 0 bridgehead atoms. The normalized spacial score (nSPS) is 12.4. The number of carboxylic acid groups (broad SMARTS) is 1. The van der Waals surface area contributed by atoms with Gasteiger partial charge in [0.15, 0.2) is 6.10 Å². The van der Waals surface area contributed by atoms with Crippen LogP contribution in [0, 0.1) is 0 Å². The first-order valence-corrected chi connectivity index (χ1v) is 7.21. The zero-order valence-electron chi connectivity index (χ0n) is 9.86. The molecule has 0 spiro atoms. The number of carboxylic acids is 1. The Kier molecular flexibility index (Phi) is 6.86. The van der Waals surface area contributed by atoms with E-state index in [1.54, 1.807) is 19.1 Å². The predicted molar refractivity (Wildman–Crippen MR) is 74.9 cm³/mol. The Bertz CT molecular complexity index is 412. The van der Waals surface area contributed by atoms with Crippen LogP contribution in [0.1, 0.15) is 13.3 Å². The van der Waals surface area contributed by atoms with E-state index in [0.29, 0.717) is 28.8 Å². The van der Waals surface area contributed by atoms with Gasteiger partial charge in [-0.25, -0.2) is 4.79 Å². The van der Waals surface area contributed by atoms with Gasteiger partial charge in [0.25, 0.3) is 0 Å². The molecule has 0 amide bonds. The highest BCUT2D eigenvalue weighted by Crippen LogP contribution is 2.28. The molecule has 1 unspecified atom stereocenters. The number of carbonyl (C=O) groups is 1. The van der Waals surface area contributed by atoms with Crippen molar-refractivity contribution >= 4 is 40.9 Å². The molecule has 0 heterocycles. The molecule has 0 fully saturated rings. The van der Waals surface area contributed by atoms with Gasteiger partial charge in [-0.3, -0.25) is 0 Å². The zero-order chi connectivity index (χ0) is 13.5. The van der Waals surface area contributed by atoms with Crippen LogP contribution in [0.3, 0.4) is 0 Å². The van der Waals surface area contributed by atoms with Crippen LogP contribution >= 0.6 is 35.0 Å². The lowest BCUT2D eigenvalue weighted by atomic mass is 10.3. The van der Waals surface area contributed by atoms with Gasteiger partial charge >= 0.3 is 5.97 Å². The SMILES string of the molecule is CCOC(CCSc1ccc(Cl)c(Cl)c1)C(=O)O. The highest BCUT2D eigenvalue weighted by Gasteiger charge is 2.16. The summed E-state index contributed by atoms with van der Waals surface area (Å²) in [6.07, 6.45) is -0.293. The summed E-state index contributed by atoms with van der Waals surface area (Å²) in [5.41, 5.74) is 0. The zero-order valence-corrected chi connectivity index (χ0v) is 12.2. The molecule has 0 aliphatic rings. The van der Waals surface area contributed by atoms with Crippen LogP contribution in [0.4, 0.5) is 0 Å². The lowest BCUT2D eigenvalue weighted by molar-refractivity contribution is -0.150. The molecule has 0 aromatic heterocycles. The Morgan fingerprint density at radius 3 is 2.72 bits per heavy atom. The van der Waals surface area contributed by atoms with Gasteiger partial charge in [0.2, 0.25) is 0 Å². The number of hydrogen-bond donors (Lipinski definition) is 1. The Labute approximate surface area is 120 Å². The van der Waals surface area contributed by atoms with Crippen LogP contribution in [0.2, 0.25) is 10.0 Å². The van der Waals surface area contributed by atoms with Gasteiger partial charge in [-0.05, 0) is 31.5 Å². The number of thioether (sulfide) groups is 1. The molecule has 100 valence electrons. The van der Waals surface area contributed by atoms with Crippen LogP contribution < -0.4 is 0 Å². The first-order chi connectivity index (χ1) is 8.54. The van der Waals surface area contributed by atoms with Crippen LogP contribution in [-0.2, 0) is 9.53 Å². The van der Waals surface area contributed by atoms with E-state index in [-0.39, 0.29) is 0 Å². The maximum Gasteiger partial charge on any atom is 0.332 e. The van der Waals surface area contributed by atoms with Gasteiger partial charge < -0.3 is 9.84 Å². The summed E-state index contributed by atoms with van der Waals surface area (Å²) >= 11 is 13.2. The first-order valence-electron chi connectivity index (χ1n) is 5.46. The van der Waals surface area contributed by atoms with Crippen molar-refractivity contribution in [2.75, 3.05) is 12.4 Å². The first kappa shape index (κ1) is 15.6. The van der Waals surface area contributed by atoms with E-state index < -0.39 is 12.1 Å². The number of halogens is 2. The number of aliphatic carboxylic acids is 1.